The van der Waals surface area contributed by atoms with Gasteiger partial charge in [0.25, 0.3) is 11.5 Å². The fourth-order valence-corrected chi connectivity index (χ4v) is 5.16. The highest BCUT2D eigenvalue weighted by Crippen LogP contribution is 2.16. The molecule has 11 heteroatoms. The number of amides is 2. The van der Waals surface area contributed by atoms with Crippen LogP contribution in [0.15, 0.2) is 29.1 Å². The highest BCUT2D eigenvalue weighted by molar-refractivity contribution is 7.07. The van der Waals surface area contributed by atoms with Crippen LogP contribution in [0.5, 0.6) is 0 Å². The van der Waals surface area contributed by atoms with Gasteiger partial charge in [-0.3, -0.25) is 23.9 Å². The fraction of sp³-hybridized carbons (Fsp3) is 0.385. The van der Waals surface area contributed by atoms with E-state index < -0.39 is 5.91 Å². The third kappa shape index (κ3) is 7.08. The highest BCUT2D eigenvalue weighted by Gasteiger charge is 2.24. The lowest BCUT2D eigenvalue weighted by atomic mass is 10.2. The molecule has 3 rings (SSSR count). The Balaban J connectivity index is 1.77. The van der Waals surface area contributed by atoms with E-state index in [-0.39, 0.29) is 28.2 Å². The van der Waals surface area contributed by atoms with E-state index in [4.69, 9.17) is 6.42 Å². The highest BCUT2D eigenvalue weighted by atomic mass is 32.1. The Morgan fingerprint density at radius 3 is 2.76 bits per heavy atom. The second-order valence-electron chi connectivity index (χ2n) is 8.73. The van der Waals surface area contributed by atoms with Gasteiger partial charge >= 0.3 is 0 Å². The zero-order valence-corrected chi connectivity index (χ0v) is 22.0. The van der Waals surface area contributed by atoms with Crippen molar-refractivity contribution in [1.29, 1.82) is 5.26 Å². The molecule has 1 aromatic carbocycles. The number of likely N-dealkylation sites (tertiary alicyclic amines) is 1. The molecular weight excluding hydrogens is 490 g/mol. The molecule has 1 aliphatic heterocycles. The largest absolute Gasteiger partial charge is 0.360 e. The number of carbonyl (C=O) groups excluding carboxylic acids is 2. The Morgan fingerprint density at radius 2 is 2.11 bits per heavy atom. The molecule has 3 N–H and O–H groups in total. The van der Waals surface area contributed by atoms with Crippen molar-refractivity contribution >= 4 is 46.3 Å². The summed E-state index contributed by atoms with van der Waals surface area (Å²) in [4.78, 5) is 42.1. The van der Waals surface area contributed by atoms with Gasteiger partial charge in [-0.1, -0.05) is 12.0 Å². The topological polar surface area (TPSA) is 122 Å². The second kappa shape index (κ2) is 12.9. The molecule has 0 bridgehead atoms. The average Bonchev–Trinajstić information content (AvgIpc) is 3.44. The standard InChI is InChI=1S/C26H31N7O3S/c1-5-11-28-24(35)21(14-27)26-33(6-2)25(36)22(37-26)15-29-18-8-7-9-19(13-18)30-23(34)17-32(4)20-10-12-31(3)16-20/h1,7-9,13,15,20,29H,6,10-12,16-17H2,2-4H3,(H,28,35)(H,30,34)/b22-15+,26-21-. The van der Waals surface area contributed by atoms with Crippen molar-refractivity contribution < 1.29 is 9.59 Å². The van der Waals surface area contributed by atoms with Crippen molar-refractivity contribution in [3.63, 3.8) is 0 Å². The maximum Gasteiger partial charge on any atom is 0.270 e. The summed E-state index contributed by atoms with van der Waals surface area (Å²) >= 11 is 1.04. The predicted octanol–water partition coefficient (Wildman–Crippen LogP) is -0.222. The van der Waals surface area contributed by atoms with Crippen LogP contribution in [0.3, 0.4) is 0 Å². The van der Waals surface area contributed by atoms with Crippen LogP contribution in [0.4, 0.5) is 11.4 Å². The molecule has 0 aliphatic carbocycles. The number of likely N-dealkylation sites (N-methyl/N-ethyl adjacent to an activating group) is 2. The molecule has 10 nitrogen and oxygen atoms in total. The summed E-state index contributed by atoms with van der Waals surface area (Å²) in [6.45, 7) is 4.31. The number of hydrogen-bond donors (Lipinski definition) is 3. The first-order valence-electron chi connectivity index (χ1n) is 11.9. The summed E-state index contributed by atoms with van der Waals surface area (Å²) in [6.07, 6.45) is 7.75. The molecule has 1 aromatic heterocycles. The van der Waals surface area contributed by atoms with E-state index in [1.165, 1.54) is 10.8 Å². The minimum atomic E-state index is -0.627. The van der Waals surface area contributed by atoms with E-state index in [1.807, 2.05) is 13.1 Å². The number of hydrogen-bond acceptors (Lipinski definition) is 8. The summed E-state index contributed by atoms with van der Waals surface area (Å²) in [5.41, 5.74) is 0.802. The molecule has 37 heavy (non-hydrogen) atoms. The zero-order valence-electron chi connectivity index (χ0n) is 21.2. The van der Waals surface area contributed by atoms with Crippen LogP contribution in [-0.4, -0.2) is 72.5 Å². The lowest BCUT2D eigenvalue weighted by molar-refractivity contribution is -0.117. The first-order valence-corrected chi connectivity index (χ1v) is 12.7. The normalized spacial score (nSPS) is 16.7. The Hall–Kier alpha value is -3.90. The number of nitrogens with one attached hydrogen (secondary N) is 3. The molecule has 2 aromatic rings. The minimum Gasteiger partial charge on any atom is -0.360 e. The van der Waals surface area contributed by atoms with Crippen LogP contribution < -0.4 is 30.7 Å². The maximum atomic E-state index is 12.9. The summed E-state index contributed by atoms with van der Waals surface area (Å²) in [6, 6.07) is 9.41. The van der Waals surface area contributed by atoms with Crippen LogP contribution in [0, 0.1) is 23.7 Å². The Labute approximate surface area is 219 Å². The van der Waals surface area contributed by atoms with E-state index in [2.05, 4.69) is 38.7 Å². The first kappa shape index (κ1) is 27.7. The van der Waals surface area contributed by atoms with Gasteiger partial charge in [-0.2, -0.15) is 5.26 Å². The Kier molecular flexibility index (Phi) is 9.64. The number of carbonyl (C=O) groups is 2. The number of anilines is 2. The number of benzene rings is 1. The van der Waals surface area contributed by atoms with Gasteiger partial charge in [0.2, 0.25) is 5.91 Å². The van der Waals surface area contributed by atoms with Crippen molar-refractivity contribution in [2.45, 2.75) is 25.9 Å². The van der Waals surface area contributed by atoms with Crippen molar-refractivity contribution in [2.24, 2.45) is 0 Å². The van der Waals surface area contributed by atoms with Crippen LogP contribution in [0.1, 0.15) is 13.3 Å². The van der Waals surface area contributed by atoms with Gasteiger partial charge in [0, 0.05) is 36.7 Å². The first-order chi connectivity index (χ1) is 17.8. The molecule has 1 unspecified atom stereocenters. The molecule has 0 spiro atoms. The van der Waals surface area contributed by atoms with Gasteiger partial charge in [-0.15, -0.1) is 17.8 Å². The number of thiazole rings is 1. The third-order valence-electron chi connectivity index (χ3n) is 6.03. The molecule has 1 fully saturated rings. The van der Waals surface area contributed by atoms with E-state index in [0.29, 0.717) is 35.0 Å². The number of nitriles is 1. The van der Waals surface area contributed by atoms with E-state index >= 15 is 0 Å². The lowest BCUT2D eigenvalue weighted by Gasteiger charge is -2.23. The number of aromatic nitrogens is 1. The van der Waals surface area contributed by atoms with E-state index in [0.717, 1.165) is 30.8 Å². The summed E-state index contributed by atoms with van der Waals surface area (Å²) in [5.74, 6) is 1.56. The van der Waals surface area contributed by atoms with Crippen molar-refractivity contribution in [3.05, 3.63) is 43.8 Å². The van der Waals surface area contributed by atoms with Crippen LogP contribution in [0.2, 0.25) is 0 Å². The Bertz CT molecular complexity index is 1410. The maximum absolute atomic E-state index is 12.9. The molecule has 1 aliphatic rings. The van der Waals surface area contributed by atoms with Crippen LogP contribution >= 0.6 is 11.3 Å². The lowest BCUT2D eigenvalue weighted by Crippen LogP contribution is -2.39. The molecule has 194 valence electrons. The molecule has 2 heterocycles. The van der Waals surface area contributed by atoms with Crippen LogP contribution in [-0.2, 0) is 16.1 Å². The molecular formula is C26H31N7O3S. The van der Waals surface area contributed by atoms with Crippen molar-refractivity contribution in [2.75, 3.05) is 50.9 Å². The van der Waals surface area contributed by atoms with Gasteiger partial charge in [0.05, 0.1) is 13.1 Å². The quantitative estimate of drug-likeness (QED) is 0.390. The Morgan fingerprint density at radius 1 is 1.35 bits per heavy atom. The average molecular weight is 522 g/mol. The van der Waals surface area contributed by atoms with E-state index in [1.54, 1.807) is 31.2 Å². The van der Waals surface area contributed by atoms with Gasteiger partial charge in [-0.25, -0.2) is 0 Å². The smallest absolute Gasteiger partial charge is 0.270 e. The zero-order chi connectivity index (χ0) is 26.9. The van der Waals surface area contributed by atoms with Gasteiger partial charge in [-0.05, 0) is 52.2 Å². The van der Waals surface area contributed by atoms with Gasteiger partial charge in [0.1, 0.15) is 15.3 Å². The third-order valence-corrected chi connectivity index (χ3v) is 7.16. The molecule has 2 amide bonds. The minimum absolute atomic E-state index is 0.0205. The molecule has 0 saturated carbocycles. The van der Waals surface area contributed by atoms with E-state index in [9.17, 15) is 19.6 Å². The number of terminal acetylenes is 1. The van der Waals surface area contributed by atoms with Crippen LogP contribution in [0.25, 0.3) is 11.8 Å². The second-order valence-corrected chi connectivity index (χ2v) is 9.76. The summed E-state index contributed by atoms with van der Waals surface area (Å²) in [5, 5.41) is 18.0. The summed E-state index contributed by atoms with van der Waals surface area (Å²) in [7, 11) is 4.04. The fourth-order valence-electron chi connectivity index (χ4n) is 4.07. The van der Waals surface area contributed by atoms with Gasteiger partial charge in [0.15, 0.2) is 5.57 Å². The molecule has 1 atom stereocenters. The SMILES string of the molecule is C#CCNC(=O)/C(C#N)=c1\s/c(=C/Nc2cccc(NC(=O)CN(C)C3CCN(C)C3)c2)c(=O)n1CC. The number of rotatable bonds is 9. The summed E-state index contributed by atoms with van der Waals surface area (Å²) < 4.78 is 1.96. The van der Waals surface area contributed by atoms with Crippen molar-refractivity contribution in [3.8, 4) is 18.4 Å². The monoisotopic (exact) mass is 521 g/mol. The predicted molar refractivity (Wildman–Crippen MR) is 146 cm³/mol. The number of nitrogens with zero attached hydrogens (tertiary/aromatic N) is 4. The van der Waals surface area contributed by atoms with Crippen molar-refractivity contribution in [1.82, 2.24) is 19.7 Å². The van der Waals surface area contributed by atoms with Gasteiger partial charge < -0.3 is 20.9 Å². The molecule has 0 radical (unpaired) electrons. The molecule has 1 saturated heterocycles.